The first-order valence-electron chi connectivity index (χ1n) is 6.67. The van der Waals surface area contributed by atoms with Gasteiger partial charge in [0.1, 0.15) is 5.01 Å². The third kappa shape index (κ3) is 2.86. The van der Waals surface area contributed by atoms with Crippen LogP contribution in [0, 0.1) is 6.92 Å². The second-order valence-corrected chi connectivity index (χ2v) is 5.90. The van der Waals surface area contributed by atoms with Crippen LogP contribution in [-0.4, -0.2) is 28.7 Å². The Morgan fingerprint density at radius 3 is 3.10 bits per heavy atom. The summed E-state index contributed by atoms with van der Waals surface area (Å²) in [6.07, 6.45) is 1.93. The molecule has 0 radical (unpaired) electrons. The van der Waals surface area contributed by atoms with Crippen LogP contribution in [0.2, 0.25) is 0 Å². The van der Waals surface area contributed by atoms with Crippen LogP contribution in [-0.2, 0) is 4.79 Å². The quantitative estimate of drug-likeness (QED) is 0.908. The van der Waals surface area contributed by atoms with Crippen molar-refractivity contribution >= 4 is 22.4 Å². The standard InChI is InChI=1S/C14H16N4OS/c1-9-4-2-5-10(8-9)13-17-18-14(20-13)16-12(19)11-6-3-7-15-11/h2,4-5,8,11,15H,3,6-7H2,1H3,(H,16,18,19). The van der Waals surface area contributed by atoms with Gasteiger partial charge in [0.05, 0.1) is 6.04 Å². The molecule has 1 aliphatic rings. The number of hydrogen-bond acceptors (Lipinski definition) is 5. The summed E-state index contributed by atoms with van der Waals surface area (Å²) in [5.41, 5.74) is 2.21. The van der Waals surface area contributed by atoms with E-state index in [1.807, 2.05) is 25.1 Å². The maximum Gasteiger partial charge on any atom is 0.243 e. The number of rotatable bonds is 3. The largest absolute Gasteiger partial charge is 0.306 e. The SMILES string of the molecule is Cc1cccc(-c2nnc(NC(=O)C3CCCN3)s2)c1. The van der Waals surface area contributed by atoms with Crippen LogP contribution in [0.15, 0.2) is 24.3 Å². The molecule has 2 heterocycles. The zero-order valence-corrected chi connectivity index (χ0v) is 12.0. The molecule has 3 rings (SSSR count). The van der Waals surface area contributed by atoms with E-state index >= 15 is 0 Å². The minimum absolute atomic E-state index is 0.0190. The van der Waals surface area contributed by atoms with Gasteiger partial charge in [-0.05, 0) is 32.4 Å². The minimum atomic E-state index is -0.0960. The summed E-state index contributed by atoms with van der Waals surface area (Å²) in [7, 11) is 0. The van der Waals surface area contributed by atoms with E-state index in [0.717, 1.165) is 30.0 Å². The number of aromatic nitrogens is 2. The lowest BCUT2D eigenvalue weighted by molar-refractivity contribution is -0.117. The molecular weight excluding hydrogens is 272 g/mol. The molecule has 1 fully saturated rings. The van der Waals surface area contributed by atoms with E-state index in [4.69, 9.17) is 0 Å². The fourth-order valence-electron chi connectivity index (χ4n) is 2.27. The Morgan fingerprint density at radius 1 is 1.45 bits per heavy atom. The van der Waals surface area contributed by atoms with Gasteiger partial charge in [0.25, 0.3) is 0 Å². The Kier molecular flexibility index (Phi) is 3.75. The van der Waals surface area contributed by atoms with Gasteiger partial charge in [-0.15, -0.1) is 10.2 Å². The number of nitrogens with zero attached hydrogens (tertiary/aromatic N) is 2. The van der Waals surface area contributed by atoms with E-state index in [0.29, 0.717) is 5.13 Å². The molecule has 0 bridgehead atoms. The van der Waals surface area contributed by atoms with E-state index in [-0.39, 0.29) is 11.9 Å². The van der Waals surface area contributed by atoms with Crippen LogP contribution in [0.3, 0.4) is 0 Å². The van der Waals surface area contributed by atoms with Crippen LogP contribution in [0.25, 0.3) is 10.6 Å². The van der Waals surface area contributed by atoms with Crippen LogP contribution in [0.1, 0.15) is 18.4 Å². The molecule has 1 unspecified atom stereocenters. The normalized spacial score (nSPS) is 18.1. The lowest BCUT2D eigenvalue weighted by atomic mass is 10.1. The molecule has 5 nitrogen and oxygen atoms in total. The Balaban J connectivity index is 1.72. The van der Waals surface area contributed by atoms with Gasteiger partial charge in [0.15, 0.2) is 0 Å². The second kappa shape index (κ2) is 5.68. The Labute approximate surface area is 121 Å². The van der Waals surface area contributed by atoms with Gasteiger partial charge in [-0.2, -0.15) is 0 Å². The van der Waals surface area contributed by atoms with Gasteiger partial charge in [0.2, 0.25) is 11.0 Å². The number of anilines is 1. The van der Waals surface area contributed by atoms with Crippen molar-refractivity contribution in [2.45, 2.75) is 25.8 Å². The van der Waals surface area contributed by atoms with Crippen LogP contribution < -0.4 is 10.6 Å². The fourth-order valence-corrected chi connectivity index (χ4v) is 3.01. The van der Waals surface area contributed by atoms with E-state index < -0.39 is 0 Å². The summed E-state index contributed by atoms with van der Waals surface area (Å²) in [5, 5.41) is 15.6. The number of nitrogens with one attached hydrogen (secondary N) is 2. The van der Waals surface area contributed by atoms with Crippen LogP contribution >= 0.6 is 11.3 Å². The highest BCUT2D eigenvalue weighted by molar-refractivity contribution is 7.18. The highest BCUT2D eigenvalue weighted by Gasteiger charge is 2.23. The van der Waals surface area contributed by atoms with Crippen LogP contribution in [0.4, 0.5) is 5.13 Å². The monoisotopic (exact) mass is 288 g/mol. The molecule has 6 heteroatoms. The van der Waals surface area contributed by atoms with Crippen molar-refractivity contribution in [3.8, 4) is 10.6 Å². The molecule has 1 aliphatic heterocycles. The lowest BCUT2D eigenvalue weighted by Crippen LogP contribution is -2.35. The topological polar surface area (TPSA) is 66.9 Å². The predicted octanol–water partition coefficient (Wildman–Crippen LogP) is 2.20. The average Bonchev–Trinajstić information content (AvgIpc) is 3.10. The molecule has 1 saturated heterocycles. The number of hydrogen-bond donors (Lipinski definition) is 2. The smallest absolute Gasteiger partial charge is 0.243 e. The molecule has 0 aliphatic carbocycles. The summed E-state index contributed by atoms with van der Waals surface area (Å²) < 4.78 is 0. The molecule has 0 spiro atoms. The predicted molar refractivity (Wildman–Crippen MR) is 79.7 cm³/mol. The van der Waals surface area contributed by atoms with Gasteiger partial charge in [-0.3, -0.25) is 10.1 Å². The Bertz CT molecular complexity index is 619. The van der Waals surface area contributed by atoms with Crippen molar-refractivity contribution in [3.05, 3.63) is 29.8 Å². The van der Waals surface area contributed by atoms with Gasteiger partial charge >= 0.3 is 0 Å². The molecule has 2 N–H and O–H groups in total. The van der Waals surface area contributed by atoms with E-state index in [1.165, 1.54) is 16.9 Å². The van der Waals surface area contributed by atoms with Gasteiger partial charge in [0, 0.05) is 5.56 Å². The van der Waals surface area contributed by atoms with Gasteiger partial charge < -0.3 is 5.32 Å². The summed E-state index contributed by atoms with van der Waals surface area (Å²) in [6, 6.07) is 8.00. The average molecular weight is 288 g/mol. The summed E-state index contributed by atoms with van der Waals surface area (Å²) in [4.78, 5) is 12.0. The summed E-state index contributed by atoms with van der Waals surface area (Å²) in [5.74, 6) is -0.0190. The lowest BCUT2D eigenvalue weighted by Gasteiger charge is -2.07. The number of carbonyl (C=O) groups is 1. The third-order valence-electron chi connectivity index (χ3n) is 3.30. The summed E-state index contributed by atoms with van der Waals surface area (Å²) >= 11 is 1.40. The molecule has 20 heavy (non-hydrogen) atoms. The van der Waals surface area contributed by atoms with Crippen molar-refractivity contribution in [1.29, 1.82) is 0 Å². The van der Waals surface area contributed by atoms with E-state index in [2.05, 4.69) is 26.9 Å². The third-order valence-corrected chi connectivity index (χ3v) is 4.18. The van der Waals surface area contributed by atoms with Crippen molar-refractivity contribution in [1.82, 2.24) is 15.5 Å². The number of amides is 1. The van der Waals surface area contributed by atoms with Gasteiger partial charge in [-0.1, -0.05) is 35.1 Å². The molecule has 1 aromatic heterocycles. The second-order valence-electron chi connectivity index (χ2n) is 4.92. The van der Waals surface area contributed by atoms with Gasteiger partial charge in [-0.25, -0.2) is 0 Å². The maximum absolute atomic E-state index is 12.0. The molecular formula is C14H16N4OS. The Morgan fingerprint density at radius 2 is 2.35 bits per heavy atom. The summed E-state index contributed by atoms with van der Waals surface area (Å²) in [6.45, 7) is 2.95. The number of aryl methyl sites for hydroxylation is 1. The molecule has 1 atom stereocenters. The number of carbonyl (C=O) groups excluding carboxylic acids is 1. The highest BCUT2D eigenvalue weighted by Crippen LogP contribution is 2.27. The van der Waals surface area contributed by atoms with E-state index in [1.54, 1.807) is 0 Å². The maximum atomic E-state index is 12.0. The first kappa shape index (κ1) is 13.2. The fraction of sp³-hybridized carbons (Fsp3) is 0.357. The molecule has 104 valence electrons. The molecule has 1 aromatic carbocycles. The van der Waals surface area contributed by atoms with E-state index in [9.17, 15) is 4.79 Å². The first-order chi connectivity index (χ1) is 9.72. The molecule has 2 aromatic rings. The Hall–Kier alpha value is -1.79. The van der Waals surface area contributed by atoms with Crippen LogP contribution in [0.5, 0.6) is 0 Å². The van der Waals surface area contributed by atoms with Crippen molar-refractivity contribution in [2.75, 3.05) is 11.9 Å². The zero-order chi connectivity index (χ0) is 13.9. The number of benzene rings is 1. The first-order valence-corrected chi connectivity index (χ1v) is 7.49. The van der Waals surface area contributed by atoms with Crippen molar-refractivity contribution < 1.29 is 4.79 Å². The zero-order valence-electron chi connectivity index (χ0n) is 11.2. The van der Waals surface area contributed by atoms with Crippen molar-refractivity contribution in [3.63, 3.8) is 0 Å². The molecule has 0 saturated carbocycles. The van der Waals surface area contributed by atoms with Crippen molar-refractivity contribution in [2.24, 2.45) is 0 Å². The minimum Gasteiger partial charge on any atom is -0.306 e. The highest BCUT2D eigenvalue weighted by atomic mass is 32.1. The molecule has 1 amide bonds.